The van der Waals surface area contributed by atoms with E-state index in [0.717, 1.165) is 6.54 Å². The van der Waals surface area contributed by atoms with Crippen molar-refractivity contribution in [1.29, 1.82) is 0 Å². The van der Waals surface area contributed by atoms with Gasteiger partial charge in [0.2, 0.25) is 5.88 Å². The lowest BCUT2D eigenvalue weighted by Crippen LogP contribution is -2.38. The van der Waals surface area contributed by atoms with Crippen molar-refractivity contribution in [2.24, 2.45) is 0 Å². The van der Waals surface area contributed by atoms with Crippen LogP contribution in [0.15, 0.2) is 65.6 Å². The first-order valence-electron chi connectivity index (χ1n) is 9.13. The number of hydrazine groups is 1. The molecule has 0 radical (unpaired) electrons. The second kappa shape index (κ2) is 8.46. The third kappa shape index (κ3) is 4.47. The Morgan fingerprint density at radius 1 is 1.14 bits per heavy atom. The molecule has 9 heteroatoms. The number of nitrogens with zero attached hydrogens (tertiary/aromatic N) is 3. The third-order valence-corrected chi connectivity index (χ3v) is 4.80. The normalized spacial score (nSPS) is 18.9. The van der Waals surface area contributed by atoms with E-state index in [9.17, 15) is 13.6 Å². The van der Waals surface area contributed by atoms with E-state index in [2.05, 4.69) is 37.8 Å². The zero-order valence-corrected chi connectivity index (χ0v) is 15.3. The molecule has 150 valence electrons. The molecule has 1 aromatic carbocycles. The Hall–Kier alpha value is -3.17. The topological polar surface area (TPSA) is 81.1 Å². The average molecular weight is 399 g/mol. The van der Waals surface area contributed by atoms with Crippen LogP contribution >= 0.6 is 0 Å². The van der Waals surface area contributed by atoms with Crippen LogP contribution in [0, 0.1) is 0 Å². The molecule has 1 aliphatic heterocycles. The summed E-state index contributed by atoms with van der Waals surface area (Å²) in [4.78, 5) is 16.2. The summed E-state index contributed by atoms with van der Waals surface area (Å²) in [5.74, 6) is 0.0185. The Labute approximate surface area is 165 Å². The summed E-state index contributed by atoms with van der Waals surface area (Å²) >= 11 is 0. The van der Waals surface area contributed by atoms with Crippen LogP contribution < -0.4 is 21.1 Å². The first-order valence-corrected chi connectivity index (χ1v) is 9.13. The number of hydrogen-bond acceptors (Lipinski definition) is 6. The van der Waals surface area contributed by atoms with Gasteiger partial charge in [-0.05, 0) is 17.7 Å². The molecule has 2 N–H and O–H groups in total. The van der Waals surface area contributed by atoms with Crippen molar-refractivity contribution in [2.45, 2.75) is 25.1 Å². The van der Waals surface area contributed by atoms with Crippen molar-refractivity contribution >= 4 is 0 Å². The number of nitrogens with one attached hydrogen (secondary N) is 2. The van der Waals surface area contributed by atoms with Crippen LogP contribution in [0.4, 0.5) is 8.78 Å². The van der Waals surface area contributed by atoms with E-state index in [0.29, 0.717) is 17.8 Å². The number of alkyl halides is 2. The SMILES string of the molecule is O=c1ccc(-c2ccc(OC(F)F)nc2)nn1CC1NNCC1c1ccccc1. The average Bonchev–Trinajstić information content (AvgIpc) is 3.19. The Kier molecular flexibility index (Phi) is 5.59. The third-order valence-electron chi connectivity index (χ3n) is 4.80. The molecule has 1 fully saturated rings. The Bertz CT molecular complexity index is 1010. The molecule has 2 unspecified atom stereocenters. The molecule has 0 aliphatic carbocycles. The molecule has 7 nitrogen and oxygen atoms in total. The highest BCUT2D eigenvalue weighted by molar-refractivity contribution is 5.57. The van der Waals surface area contributed by atoms with Crippen LogP contribution in [-0.4, -0.2) is 34.0 Å². The number of rotatable bonds is 6. The first kappa shape index (κ1) is 19.2. The summed E-state index contributed by atoms with van der Waals surface area (Å²) in [5.41, 5.74) is 8.43. The molecule has 1 aliphatic rings. The van der Waals surface area contributed by atoms with Crippen LogP contribution in [0.2, 0.25) is 0 Å². The fourth-order valence-electron chi connectivity index (χ4n) is 3.38. The van der Waals surface area contributed by atoms with E-state index in [1.54, 1.807) is 12.1 Å². The van der Waals surface area contributed by atoms with Crippen molar-refractivity contribution in [1.82, 2.24) is 25.6 Å². The van der Waals surface area contributed by atoms with Crippen molar-refractivity contribution in [3.8, 4) is 17.1 Å². The van der Waals surface area contributed by atoms with Gasteiger partial charge in [-0.15, -0.1) is 0 Å². The highest BCUT2D eigenvalue weighted by Gasteiger charge is 2.29. The molecule has 3 aromatic rings. The van der Waals surface area contributed by atoms with Gasteiger partial charge >= 0.3 is 6.61 Å². The Morgan fingerprint density at radius 2 is 1.97 bits per heavy atom. The second-order valence-corrected chi connectivity index (χ2v) is 6.65. The maximum absolute atomic E-state index is 12.3. The van der Waals surface area contributed by atoms with E-state index in [4.69, 9.17) is 0 Å². The van der Waals surface area contributed by atoms with Gasteiger partial charge in [0.25, 0.3) is 5.56 Å². The molecule has 0 saturated carbocycles. The van der Waals surface area contributed by atoms with Gasteiger partial charge in [-0.1, -0.05) is 30.3 Å². The zero-order chi connectivity index (χ0) is 20.2. The smallest absolute Gasteiger partial charge is 0.388 e. The predicted molar refractivity (Wildman–Crippen MR) is 102 cm³/mol. The molecular formula is C20H19F2N5O2. The Morgan fingerprint density at radius 3 is 2.69 bits per heavy atom. The van der Waals surface area contributed by atoms with Gasteiger partial charge < -0.3 is 4.74 Å². The van der Waals surface area contributed by atoms with Crippen molar-refractivity contribution < 1.29 is 13.5 Å². The number of ether oxygens (including phenoxy) is 1. The number of halogens is 2. The number of benzene rings is 1. The molecule has 4 rings (SSSR count). The lowest BCUT2D eigenvalue weighted by atomic mass is 9.93. The molecule has 2 aromatic heterocycles. The number of aromatic nitrogens is 3. The van der Waals surface area contributed by atoms with E-state index in [1.165, 1.54) is 28.6 Å². The van der Waals surface area contributed by atoms with Crippen LogP contribution in [0.1, 0.15) is 11.5 Å². The van der Waals surface area contributed by atoms with Crippen molar-refractivity contribution in [3.63, 3.8) is 0 Å². The fourth-order valence-corrected chi connectivity index (χ4v) is 3.38. The van der Waals surface area contributed by atoms with Gasteiger partial charge in [0.1, 0.15) is 0 Å². The molecule has 2 atom stereocenters. The monoisotopic (exact) mass is 399 g/mol. The second-order valence-electron chi connectivity index (χ2n) is 6.65. The minimum Gasteiger partial charge on any atom is -0.417 e. The molecule has 1 saturated heterocycles. The molecule has 0 bridgehead atoms. The summed E-state index contributed by atoms with van der Waals surface area (Å²) in [6.07, 6.45) is 1.39. The lowest BCUT2D eigenvalue weighted by molar-refractivity contribution is -0.0528. The standard InChI is InChI=1S/C20H19F2N5O2/c21-20(22)29-18-8-6-14(10-23-18)16-7-9-19(28)27(26-16)12-17-15(11-24-25-17)13-4-2-1-3-5-13/h1-10,15,17,20,24-25H,11-12H2. The largest absolute Gasteiger partial charge is 0.417 e. The minimum atomic E-state index is -2.93. The summed E-state index contributed by atoms with van der Waals surface area (Å²) in [7, 11) is 0. The van der Waals surface area contributed by atoms with Gasteiger partial charge in [0.05, 0.1) is 12.2 Å². The van der Waals surface area contributed by atoms with Crippen LogP contribution in [0.3, 0.4) is 0 Å². The molecule has 3 heterocycles. The van der Waals surface area contributed by atoms with Crippen LogP contribution in [0.25, 0.3) is 11.3 Å². The highest BCUT2D eigenvalue weighted by atomic mass is 19.3. The highest BCUT2D eigenvalue weighted by Crippen LogP contribution is 2.23. The summed E-state index contributed by atoms with van der Waals surface area (Å²) in [5, 5.41) is 4.43. The summed E-state index contributed by atoms with van der Waals surface area (Å²) < 4.78 is 30.2. The number of hydrogen-bond donors (Lipinski definition) is 2. The van der Waals surface area contributed by atoms with E-state index < -0.39 is 6.61 Å². The van der Waals surface area contributed by atoms with Crippen molar-refractivity contribution in [2.75, 3.05) is 6.54 Å². The predicted octanol–water partition coefficient (Wildman–Crippen LogP) is 2.17. The van der Waals surface area contributed by atoms with Crippen LogP contribution in [-0.2, 0) is 6.54 Å². The van der Waals surface area contributed by atoms with Crippen LogP contribution in [0.5, 0.6) is 5.88 Å². The maximum atomic E-state index is 12.3. The molecule has 29 heavy (non-hydrogen) atoms. The van der Waals surface area contributed by atoms with Gasteiger partial charge in [0.15, 0.2) is 0 Å². The van der Waals surface area contributed by atoms with Gasteiger partial charge in [0, 0.05) is 42.4 Å². The van der Waals surface area contributed by atoms with Gasteiger partial charge in [-0.25, -0.2) is 9.67 Å². The Balaban J connectivity index is 1.55. The van der Waals surface area contributed by atoms with Gasteiger partial charge in [-0.2, -0.15) is 13.9 Å². The zero-order valence-electron chi connectivity index (χ0n) is 15.3. The fraction of sp³-hybridized carbons (Fsp3) is 0.250. The van der Waals surface area contributed by atoms with E-state index in [1.807, 2.05) is 18.2 Å². The minimum absolute atomic E-state index is 0.0159. The molecule has 0 spiro atoms. The lowest BCUT2D eigenvalue weighted by Gasteiger charge is -2.19. The molecule has 0 amide bonds. The van der Waals surface area contributed by atoms with Gasteiger partial charge in [-0.3, -0.25) is 15.6 Å². The maximum Gasteiger partial charge on any atom is 0.388 e. The quantitative estimate of drug-likeness (QED) is 0.661. The van der Waals surface area contributed by atoms with E-state index in [-0.39, 0.29) is 23.4 Å². The van der Waals surface area contributed by atoms with Crippen molar-refractivity contribution in [3.05, 3.63) is 76.7 Å². The first-order chi connectivity index (χ1) is 14.1. The number of pyridine rings is 1. The summed E-state index contributed by atoms with van der Waals surface area (Å²) in [6, 6.07) is 16.0. The molecular weight excluding hydrogens is 380 g/mol. The van der Waals surface area contributed by atoms with E-state index >= 15 is 0 Å². The summed E-state index contributed by atoms with van der Waals surface area (Å²) in [6.45, 7) is -1.81.